The van der Waals surface area contributed by atoms with Gasteiger partial charge >= 0.3 is 0 Å². The monoisotopic (exact) mass is 287 g/mol. The van der Waals surface area contributed by atoms with Crippen LogP contribution in [0.15, 0.2) is 47.4 Å². The molecule has 0 N–H and O–H groups in total. The lowest BCUT2D eigenvalue weighted by atomic mass is 10.1. The van der Waals surface area contributed by atoms with E-state index in [2.05, 4.69) is 30.0 Å². The van der Waals surface area contributed by atoms with E-state index in [-0.39, 0.29) is 0 Å². The quantitative estimate of drug-likeness (QED) is 0.855. The van der Waals surface area contributed by atoms with Gasteiger partial charge in [0.1, 0.15) is 0 Å². The van der Waals surface area contributed by atoms with Crippen LogP contribution in [-0.2, 0) is 16.6 Å². The lowest BCUT2D eigenvalue weighted by molar-refractivity contribution is 0.682. The zero-order valence-corrected chi connectivity index (χ0v) is 13.3. The highest BCUT2D eigenvalue weighted by Gasteiger charge is 2.08. The second kappa shape index (κ2) is 6.23. The van der Waals surface area contributed by atoms with E-state index in [1.807, 2.05) is 45.3 Å². The predicted molar refractivity (Wildman–Crippen MR) is 86.8 cm³/mol. The van der Waals surface area contributed by atoms with Crippen LogP contribution in [0.4, 0.5) is 5.69 Å². The van der Waals surface area contributed by atoms with Gasteiger partial charge in [-0.1, -0.05) is 23.8 Å². The molecule has 0 aliphatic rings. The molecule has 2 aromatic carbocycles. The van der Waals surface area contributed by atoms with Gasteiger partial charge in [0.2, 0.25) is 0 Å². The predicted octanol–water partition coefficient (Wildman–Crippen LogP) is 3.68. The van der Waals surface area contributed by atoms with Gasteiger partial charge in [0.05, 0.1) is 16.6 Å². The Hall–Kier alpha value is -1.61. The summed E-state index contributed by atoms with van der Waals surface area (Å²) in [5.41, 5.74) is 4.68. The molecule has 0 spiro atoms. The molecule has 2 nitrogen and oxygen atoms in total. The van der Waals surface area contributed by atoms with Crippen molar-refractivity contribution in [3.63, 3.8) is 0 Å². The van der Waals surface area contributed by atoms with Gasteiger partial charge < -0.3 is 4.90 Å². The standard InChI is InChI=1S/C17H21NOS/c1-13-5-9-17(10-6-13)20(19)12-15-11-16(18(3)4)8-7-14(15)2/h5-11H,12H2,1-4H3. The van der Waals surface area contributed by atoms with Crippen LogP contribution in [0, 0.1) is 13.8 Å². The third-order valence-corrected chi connectivity index (χ3v) is 4.79. The molecule has 20 heavy (non-hydrogen) atoms. The van der Waals surface area contributed by atoms with E-state index in [1.54, 1.807) is 0 Å². The van der Waals surface area contributed by atoms with Crippen molar-refractivity contribution in [1.82, 2.24) is 0 Å². The summed E-state index contributed by atoms with van der Waals surface area (Å²) < 4.78 is 12.5. The molecule has 0 aliphatic heterocycles. The highest BCUT2D eigenvalue weighted by Crippen LogP contribution is 2.21. The van der Waals surface area contributed by atoms with Crippen molar-refractivity contribution in [2.24, 2.45) is 0 Å². The Bertz CT molecular complexity index is 617. The van der Waals surface area contributed by atoms with Crippen LogP contribution < -0.4 is 4.90 Å². The molecule has 3 heteroatoms. The zero-order valence-electron chi connectivity index (χ0n) is 12.5. The fourth-order valence-electron chi connectivity index (χ4n) is 2.01. The van der Waals surface area contributed by atoms with E-state index >= 15 is 0 Å². The minimum absolute atomic E-state index is 0.566. The number of aryl methyl sites for hydroxylation is 2. The molecule has 106 valence electrons. The summed E-state index contributed by atoms with van der Waals surface area (Å²) in [6.45, 7) is 4.11. The van der Waals surface area contributed by atoms with E-state index in [0.29, 0.717) is 5.75 Å². The molecule has 0 heterocycles. The third-order valence-electron chi connectivity index (χ3n) is 3.42. The first-order valence-electron chi connectivity index (χ1n) is 6.69. The Morgan fingerprint density at radius 1 is 1.00 bits per heavy atom. The molecule has 0 saturated carbocycles. The molecule has 0 amide bonds. The Morgan fingerprint density at radius 2 is 1.65 bits per heavy atom. The maximum Gasteiger partial charge on any atom is 0.0574 e. The van der Waals surface area contributed by atoms with Gasteiger partial charge in [0.15, 0.2) is 0 Å². The summed E-state index contributed by atoms with van der Waals surface area (Å²) in [6, 6.07) is 14.2. The van der Waals surface area contributed by atoms with E-state index in [1.165, 1.54) is 11.1 Å². The second-order valence-electron chi connectivity index (χ2n) is 5.31. The fraction of sp³-hybridized carbons (Fsp3) is 0.294. The molecule has 0 aliphatic carbocycles. The molecule has 0 aromatic heterocycles. The minimum atomic E-state index is -0.993. The van der Waals surface area contributed by atoms with Gasteiger partial charge in [-0.05, 0) is 49.2 Å². The van der Waals surface area contributed by atoms with Crippen LogP contribution in [0.25, 0.3) is 0 Å². The van der Waals surface area contributed by atoms with Gasteiger partial charge in [-0.3, -0.25) is 4.21 Å². The van der Waals surface area contributed by atoms with E-state index in [0.717, 1.165) is 16.1 Å². The number of anilines is 1. The van der Waals surface area contributed by atoms with E-state index in [9.17, 15) is 4.21 Å². The first kappa shape index (κ1) is 14.8. The average Bonchev–Trinajstić information content (AvgIpc) is 2.41. The zero-order chi connectivity index (χ0) is 14.7. The van der Waals surface area contributed by atoms with Crippen LogP contribution in [-0.4, -0.2) is 18.3 Å². The summed E-state index contributed by atoms with van der Waals surface area (Å²) in [7, 11) is 3.05. The number of rotatable bonds is 4. The molecule has 0 fully saturated rings. The van der Waals surface area contributed by atoms with Crippen molar-refractivity contribution in [3.8, 4) is 0 Å². The minimum Gasteiger partial charge on any atom is -0.378 e. The summed E-state index contributed by atoms with van der Waals surface area (Å²) in [5, 5.41) is 0. The first-order chi connectivity index (χ1) is 9.47. The molecule has 1 unspecified atom stereocenters. The lowest BCUT2D eigenvalue weighted by Crippen LogP contribution is -2.09. The molecule has 2 aromatic rings. The molecular weight excluding hydrogens is 266 g/mol. The lowest BCUT2D eigenvalue weighted by Gasteiger charge is -2.15. The van der Waals surface area contributed by atoms with Gasteiger partial charge in [0.25, 0.3) is 0 Å². The summed E-state index contributed by atoms with van der Waals surface area (Å²) >= 11 is 0. The van der Waals surface area contributed by atoms with Gasteiger partial charge in [0, 0.05) is 24.7 Å². The Kier molecular flexibility index (Phi) is 4.61. The Labute approximate surface area is 123 Å². The Morgan fingerprint density at radius 3 is 2.25 bits per heavy atom. The Balaban J connectivity index is 2.23. The third kappa shape index (κ3) is 3.48. The van der Waals surface area contributed by atoms with Crippen LogP contribution >= 0.6 is 0 Å². The highest BCUT2D eigenvalue weighted by molar-refractivity contribution is 7.84. The van der Waals surface area contributed by atoms with Crippen molar-refractivity contribution in [2.75, 3.05) is 19.0 Å². The van der Waals surface area contributed by atoms with Crippen LogP contribution in [0.3, 0.4) is 0 Å². The molecule has 0 saturated heterocycles. The fourth-order valence-corrected chi connectivity index (χ4v) is 3.21. The van der Waals surface area contributed by atoms with Crippen LogP contribution in [0.1, 0.15) is 16.7 Å². The van der Waals surface area contributed by atoms with Crippen molar-refractivity contribution < 1.29 is 4.21 Å². The van der Waals surface area contributed by atoms with Crippen LogP contribution in [0.2, 0.25) is 0 Å². The molecule has 0 bridgehead atoms. The maximum absolute atomic E-state index is 12.5. The van der Waals surface area contributed by atoms with Crippen molar-refractivity contribution in [1.29, 1.82) is 0 Å². The van der Waals surface area contributed by atoms with E-state index in [4.69, 9.17) is 0 Å². The normalized spacial score (nSPS) is 12.2. The number of nitrogens with zero attached hydrogens (tertiary/aromatic N) is 1. The summed E-state index contributed by atoms with van der Waals surface area (Å²) in [5.74, 6) is 0.566. The topological polar surface area (TPSA) is 20.3 Å². The van der Waals surface area contributed by atoms with Crippen molar-refractivity contribution in [2.45, 2.75) is 24.5 Å². The van der Waals surface area contributed by atoms with Gasteiger partial charge in [-0.15, -0.1) is 0 Å². The molecule has 2 rings (SSSR count). The maximum atomic E-state index is 12.5. The molecular formula is C17H21NOS. The summed E-state index contributed by atoms with van der Waals surface area (Å²) in [4.78, 5) is 2.96. The molecule has 1 atom stereocenters. The smallest absolute Gasteiger partial charge is 0.0574 e. The van der Waals surface area contributed by atoms with Crippen LogP contribution in [0.5, 0.6) is 0 Å². The average molecular weight is 287 g/mol. The van der Waals surface area contributed by atoms with Crippen molar-refractivity contribution >= 4 is 16.5 Å². The summed E-state index contributed by atoms with van der Waals surface area (Å²) in [6.07, 6.45) is 0. The number of benzene rings is 2. The second-order valence-corrected chi connectivity index (χ2v) is 6.76. The van der Waals surface area contributed by atoms with Gasteiger partial charge in [-0.25, -0.2) is 0 Å². The first-order valence-corrected chi connectivity index (χ1v) is 8.01. The largest absolute Gasteiger partial charge is 0.378 e. The van der Waals surface area contributed by atoms with Crippen molar-refractivity contribution in [3.05, 3.63) is 59.2 Å². The van der Waals surface area contributed by atoms with E-state index < -0.39 is 10.8 Å². The SMILES string of the molecule is Cc1ccc(S(=O)Cc2cc(N(C)C)ccc2C)cc1. The van der Waals surface area contributed by atoms with Gasteiger partial charge in [-0.2, -0.15) is 0 Å². The molecule has 0 radical (unpaired) electrons. The highest BCUT2D eigenvalue weighted by atomic mass is 32.2. The number of hydrogen-bond donors (Lipinski definition) is 0. The number of hydrogen-bond acceptors (Lipinski definition) is 2.